The van der Waals surface area contributed by atoms with Gasteiger partial charge in [0.05, 0.1) is 5.41 Å². The van der Waals surface area contributed by atoms with E-state index in [0.29, 0.717) is 12.8 Å². The van der Waals surface area contributed by atoms with Crippen LogP contribution in [0.3, 0.4) is 0 Å². The second-order valence-electron chi connectivity index (χ2n) is 4.99. The minimum Gasteiger partial charge on any atom is -0.479 e. The molecule has 0 radical (unpaired) electrons. The first-order valence-corrected chi connectivity index (χ1v) is 6.41. The Labute approximate surface area is 115 Å². The molecule has 1 saturated carbocycles. The third-order valence-corrected chi connectivity index (χ3v) is 3.57. The summed E-state index contributed by atoms with van der Waals surface area (Å²) in [6.07, 6.45) is -0.144. The van der Waals surface area contributed by atoms with Gasteiger partial charge in [-0.05, 0) is 30.5 Å². The average molecular weight is 281 g/mol. The third kappa shape index (κ3) is 2.96. The zero-order chi connectivity index (χ0) is 14.8. The second-order valence-corrected chi connectivity index (χ2v) is 4.99. The van der Waals surface area contributed by atoms with Gasteiger partial charge < -0.3 is 15.5 Å². The molecule has 0 bridgehead atoms. The quantitative estimate of drug-likeness (QED) is 0.720. The molecule has 1 aromatic rings. The highest BCUT2D eigenvalue weighted by molar-refractivity contribution is 5.91. The summed E-state index contributed by atoms with van der Waals surface area (Å²) >= 11 is 0. The Balaban J connectivity index is 1.92. The van der Waals surface area contributed by atoms with Crippen molar-refractivity contribution in [1.29, 1.82) is 0 Å². The molecule has 0 spiro atoms. The van der Waals surface area contributed by atoms with E-state index in [1.807, 2.05) is 0 Å². The molecular weight excluding hydrogens is 265 g/mol. The first-order chi connectivity index (χ1) is 9.45. The number of aliphatic hydroxyl groups is 1. The summed E-state index contributed by atoms with van der Waals surface area (Å²) < 4.78 is 12.9. The van der Waals surface area contributed by atoms with Gasteiger partial charge in [0.1, 0.15) is 5.82 Å². The minimum absolute atomic E-state index is 0.0411. The number of halogens is 1. The topological polar surface area (TPSA) is 86.6 Å². The van der Waals surface area contributed by atoms with Gasteiger partial charge in [-0.3, -0.25) is 4.79 Å². The molecule has 1 aliphatic rings. The highest BCUT2D eigenvalue weighted by atomic mass is 19.1. The molecule has 1 fully saturated rings. The van der Waals surface area contributed by atoms with E-state index >= 15 is 0 Å². The van der Waals surface area contributed by atoms with Gasteiger partial charge in [0.15, 0.2) is 6.10 Å². The number of carbonyl (C=O) groups is 2. The highest BCUT2D eigenvalue weighted by Gasteiger charge is 2.51. The molecule has 3 N–H and O–H groups in total. The number of nitrogens with one attached hydrogen (secondary N) is 1. The lowest BCUT2D eigenvalue weighted by Crippen LogP contribution is -2.37. The van der Waals surface area contributed by atoms with Crippen LogP contribution >= 0.6 is 0 Å². The molecule has 0 aromatic heterocycles. The smallest absolute Gasteiger partial charge is 0.332 e. The lowest BCUT2D eigenvalue weighted by molar-refractivity contribution is -0.147. The highest BCUT2D eigenvalue weighted by Crippen LogP contribution is 2.48. The van der Waals surface area contributed by atoms with Crippen molar-refractivity contribution in [2.24, 2.45) is 0 Å². The zero-order valence-corrected chi connectivity index (χ0v) is 10.8. The summed E-state index contributed by atoms with van der Waals surface area (Å²) in [6.45, 7) is 0.0925. The van der Waals surface area contributed by atoms with Crippen molar-refractivity contribution in [2.75, 3.05) is 6.54 Å². The molecule has 6 heteroatoms. The molecule has 0 aliphatic heterocycles. The van der Waals surface area contributed by atoms with Gasteiger partial charge in [0.2, 0.25) is 5.91 Å². The maximum atomic E-state index is 12.9. The second kappa shape index (κ2) is 5.58. The Morgan fingerprint density at radius 1 is 1.30 bits per heavy atom. The van der Waals surface area contributed by atoms with Crippen molar-refractivity contribution in [1.82, 2.24) is 5.32 Å². The number of hydrogen-bond acceptors (Lipinski definition) is 3. The molecule has 5 nitrogen and oxygen atoms in total. The van der Waals surface area contributed by atoms with E-state index < -0.39 is 17.5 Å². The molecule has 0 saturated heterocycles. The SMILES string of the molecule is O=C(O)[C@@H](O)CCNC(=O)C1(c2ccc(F)cc2)CC1. The summed E-state index contributed by atoms with van der Waals surface area (Å²) in [4.78, 5) is 22.6. The summed E-state index contributed by atoms with van der Waals surface area (Å²) in [5.74, 6) is -1.87. The molecule has 2 rings (SSSR count). The van der Waals surface area contributed by atoms with E-state index in [4.69, 9.17) is 10.2 Å². The van der Waals surface area contributed by atoms with Crippen LogP contribution in [0.1, 0.15) is 24.8 Å². The van der Waals surface area contributed by atoms with Crippen LogP contribution in [-0.2, 0) is 15.0 Å². The van der Waals surface area contributed by atoms with Crippen LogP contribution in [-0.4, -0.2) is 34.7 Å². The van der Waals surface area contributed by atoms with Crippen molar-refractivity contribution in [3.8, 4) is 0 Å². The van der Waals surface area contributed by atoms with Crippen LogP contribution in [0.25, 0.3) is 0 Å². The van der Waals surface area contributed by atoms with Crippen LogP contribution in [0.5, 0.6) is 0 Å². The number of aliphatic hydroxyl groups excluding tert-OH is 1. The minimum atomic E-state index is -1.48. The molecule has 1 atom stereocenters. The molecule has 1 amide bonds. The number of rotatable bonds is 6. The maximum absolute atomic E-state index is 12.9. The van der Waals surface area contributed by atoms with Gasteiger partial charge in [0.25, 0.3) is 0 Å². The van der Waals surface area contributed by atoms with Gasteiger partial charge in [-0.25, -0.2) is 9.18 Å². The molecule has 1 aromatic carbocycles. The van der Waals surface area contributed by atoms with Crippen LogP contribution in [0, 0.1) is 5.82 Å². The van der Waals surface area contributed by atoms with Crippen molar-refractivity contribution >= 4 is 11.9 Å². The van der Waals surface area contributed by atoms with Crippen LogP contribution in [0.2, 0.25) is 0 Å². The molecule has 0 heterocycles. The largest absolute Gasteiger partial charge is 0.479 e. The number of benzene rings is 1. The fraction of sp³-hybridized carbons (Fsp3) is 0.429. The predicted molar refractivity (Wildman–Crippen MR) is 68.6 cm³/mol. The molecule has 108 valence electrons. The number of aliphatic carboxylic acids is 1. The zero-order valence-electron chi connectivity index (χ0n) is 10.8. The summed E-state index contributed by atoms with van der Waals surface area (Å²) in [5.41, 5.74) is 0.136. The maximum Gasteiger partial charge on any atom is 0.332 e. The third-order valence-electron chi connectivity index (χ3n) is 3.57. The van der Waals surface area contributed by atoms with E-state index in [1.54, 1.807) is 12.1 Å². The lowest BCUT2D eigenvalue weighted by atomic mass is 9.95. The normalized spacial score (nSPS) is 17.3. The lowest BCUT2D eigenvalue weighted by Gasteiger charge is -2.16. The Kier molecular flexibility index (Phi) is 4.04. The van der Waals surface area contributed by atoms with Crippen molar-refractivity contribution in [2.45, 2.75) is 30.8 Å². The van der Waals surface area contributed by atoms with Gasteiger partial charge in [-0.2, -0.15) is 0 Å². The fourth-order valence-corrected chi connectivity index (χ4v) is 2.16. The van der Waals surface area contributed by atoms with Gasteiger partial charge in [-0.1, -0.05) is 12.1 Å². The van der Waals surface area contributed by atoms with Crippen molar-refractivity contribution in [3.05, 3.63) is 35.6 Å². The number of carboxylic acids is 1. The van der Waals surface area contributed by atoms with E-state index in [-0.39, 0.29) is 24.7 Å². The summed E-state index contributed by atoms with van der Waals surface area (Å²) in [6, 6.07) is 5.82. The number of carboxylic acid groups (broad SMARTS) is 1. The Morgan fingerprint density at radius 2 is 1.90 bits per heavy atom. The number of amides is 1. The van der Waals surface area contributed by atoms with Gasteiger partial charge in [-0.15, -0.1) is 0 Å². The molecular formula is C14H16FNO4. The molecule has 1 aliphatic carbocycles. The Bertz CT molecular complexity index is 510. The number of hydrogen-bond donors (Lipinski definition) is 3. The van der Waals surface area contributed by atoms with Crippen LogP contribution in [0.15, 0.2) is 24.3 Å². The van der Waals surface area contributed by atoms with E-state index in [0.717, 1.165) is 5.56 Å². The monoisotopic (exact) mass is 281 g/mol. The number of carbonyl (C=O) groups excluding carboxylic acids is 1. The average Bonchev–Trinajstić information content (AvgIpc) is 3.20. The van der Waals surface area contributed by atoms with E-state index in [2.05, 4.69) is 5.32 Å². The van der Waals surface area contributed by atoms with E-state index in [1.165, 1.54) is 12.1 Å². The van der Waals surface area contributed by atoms with Crippen molar-refractivity contribution in [3.63, 3.8) is 0 Å². The summed E-state index contributed by atoms with van der Waals surface area (Å²) in [5, 5.41) is 20.3. The Hall–Kier alpha value is -1.95. The standard InChI is InChI=1S/C14H16FNO4/c15-10-3-1-9(2-4-10)14(6-7-14)13(20)16-8-5-11(17)12(18)19/h1-4,11,17H,5-8H2,(H,16,20)(H,18,19)/t11-/m0/s1. The van der Waals surface area contributed by atoms with Gasteiger partial charge >= 0.3 is 5.97 Å². The van der Waals surface area contributed by atoms with Gasteiger partial charge in [0, 0.05) is 13.0 Å². The Morgan fingerprint density at radius 3 is 2.40 bits per heavy atom. The van der Waals surface area contributed by atoms with Crippen LogP contribution in [0.4, 0.5) is 4.39 Å². The summed E-state index contributed by atoms with van der Waals surface area (Å²) in [7, 11) is 0. The van der Waals surface area contributed by atoms with Crippen LogP contribution < -0.4 is 5.32 Å². The van der Waals surface area contributed by atoms with Crippen molar-refractivity contribution < 1.29 is 24.2 Å². The molecule has 20 heavy (non-hydrogen) atoms. The molecule has 0 unspecified atom stereocenters. The fourth-order valence-electron chi connectivity index (χ4n) is 2.16. The first kappa shape index (κ1) is 14.5. The predicted octanol–water partition coefficient (Wildman–Crippen LogP) is 0.809. The van der Waals surface area contributed by atoms with E-state index in [9.17, 15) is 14.0 Å². The first-order valence-electron chi connectivity index (χ1n) is 6.41.